The Morgan fingerprint density at radius 2 is 1.94 bits per heavy atom. The molecule has 2 aliphatic heterocycles. The van der Waals surface area contributed by atoms with Crippen LogP contribution in [0, 0.1) is 5.92 Å². The molecule has 1 N–H and O–H groups in total. The fourth-order valence-corrected chi connectivity index (χ4v) is 3.61. The molecule has 0 amide bonds. The third-order valence-corrected chi connectivity index (χ3v) is 4.84. The van der Waals surface area contributed by atoms with Gasteiger partial charge in [0.25, 0.3) is 0 Å². The lowest BCUT2D eigenvalue weighted by Gasteiger charge is -2.36. The van der Waals surface area contributed by atoms with Gasteiger partial charge in [-0.05, 0) is 71.1 Å². The van der Waals surface area contributed by atoms with Gasteiger partial charge in [0, 0.05) is 19.2 Å². The first-order chi connectivity index (χ1) is 8.79. The highest BCUT2D eigenvalue weighted by Crippen LogP contribution is 2.22. The van der Waals surface area contributed by atoms with Crippen molar-refractivity contribution in [3.8, 4) is 0 Å². The van der Waals surface area contributed by atoms with Crippen LogP contribution in [0.25, 0.3) is 0 Å². The van der Waals surface area contributed by atoms with Gasteiger partial charge >= 0.3 is 0 Å². The van der Waals surface area contributed by atoms with Gasteiger partial charge in [-0.25, -0.2) is 0 Å². The van der Waals surface area contributed by atoms with E-state index in [1.54, 1.807) is 0 Å². The molecule has 0 aliphatic carbocycles. The molecule has 3 nitrogen and oxygen atoms in total. The normalized spacial score (nSPS) is 31.7. The number of aliphatic hydroxyl groups excluding tert-OH is 1. The highest BCUT2D eigenvalue weighted by molar-refractivity contribution is 4.78. The van der Waals surface area contributed by atoms with Crippen LogP contribution in [0.15, 0.2) is 0 Å². The quantitative estimate of drug-likeness (QED) is 0.812. The van der Waals surface area contributed by atoms with E-state index >= 15 is 0 Å². The molecule has 0 aromatic rings. The lowest BCUT2D eigenvalue weighted by atomic mass is 9.94. The summed E-state index contributed by atoms with van der Waals surface area (Å²) in [6, 6.07) is 0.817. The Morgan fingerprint density at radius 1 is 1.06 bits per heavy atom. The van der Waals surface area contributed by atoms with Crippen molar-refractivity contribution in [2.24, 2.45) is 5.92 Å². The fourth-order valence-electron chi connectivity index (χ4n) is 3.61. The summed E-state index contributed by atoms with van der Waals surface area (Å²) < 4.78 is 0. The predicted molar refractivity (Wildman–Crippen MR) is 75.8 cm³/mol. The second kappa shape index (κ2) is 7.46. The number of hydrogen-bond donors (Lipinski definition) is 1. The van der Waals surface area contributed by atoms with Gasteiger partial charge in [-0.1, -0.05) is 6.42 Å². The van der Waals surface area contributed by atoms with E-state index in [1.807, 2.05) is 0 Å². The summed E-state index contributed by atoms with van der Waals surface area (Å²) >= 11 is 0. The van der Waals surface area contributed by atoms with Crippen molar-refractivity contribution in [2.45, 2.75) is 51.0 Å². The van der Waals surface area contributed by atoms with Crippen molar-refractivity contribution >= 4 is 0 Å². The molecule has 2 aliphatic rings. The van der Waals surface area contributed by atoms with Gasteiger partial charge in [0.05, 0.1) is 0 Å². The minimum atomic E-state index is 0.365. The number of likely N-dealkylation sites (tertiary alicyclic amines) is 2. The average Bonchev–Trinajstić information content (AvgIpc) is 2.39. The zero-order chi connectivity index (χ0) is 12.8. The zero-order valence-electron chi connectivity index (χ0n) is 12.0. The van der Waals surface area contributed by atoms with Crippen molar-refractivity contribution in [1.29, 1.82) is 0 Å². The molecule has 0 saturated carbocycles. The molecule has 2 saturated heterocycles. The van der Waals surface area contributed by atoms with Gasteiger partial charge in [0.1, 0.15) is 0 Å². The van der Waals surface area contributed by atoms with Gasteiger partial charge in [0.15, 0.2) is 0 Å². The van der Waals surface area contributed by atoms with E-state index in [2.05, 4.69) is 16.8 Å². The molecule has 0 spiro atoms. The van der Waals surface area contributed by atoms with Crippen molar-refractivity contribution < 1.29 is 5.11 Å². The number of aliphatic hydroxyl groups is 1. The highest BCUT2D eigenvalue weighted by Gasteiger charge is 2.22. The molecule has 0 radical (unpaired) electrons. The third-order valence-electron chi connectivity index (χ3n) is 4.84. The molecule has 2 rings (SSSR count). The molecule has 2 fully saturated rings. The molecule has 18 heavy (non-hydrogen) atoms. The number of rotatable bonds is 5. The smallest absolute Gasteiger partial charge is 0.0434 e. The summed E-state index contributed by atoms with van der Waals surface area (Å²) in [7, 11) is 2.29. The standard InChI is InChI=1S/C15H30N2O/c1-16-9-3-2-6-15(16)7-11-17-10-4-5-14(13-17)8-12-18/h14-15,18H,2-13H2,1H3. The van der Waals surface area contributed by atoms with Crippen LogP contribution in [-0.2, 0) is 0 Å². The fraction of sp³-hybridized carbons (Fsp3) is 1.00. The maximum Gasteiger partial charge on any atom is 0.0434 e. The largest absolute Gasteiger partial charge is 0.396 e. The minimum Gasteiger partial charge on any atom is -0.396 e. The monoisotopic (exact) mass is 254 g/mol. The maximum absolute atomic E-state index is 9.05. The van der Waals surface area contributed by atoms with Crippen molar-refractivity contribution in [3.63, 3.8) is 0 Å². The predicted octanol–water partition coefficient (Wildman–Crippen LogP) is 1.96. The molecule has 3 heteroatoms. The second-order valence-electron chi connectivity index (χ2n) is 6.24. The van der Waals surface area contributed by atoms with E-state index in [4.69, 9.17) is 5.11 Å². The van der Waals surface area contributed by atoms with E-state index in [9.17, 15) is 0 Å². The summed E-state index contributed by atoms with van der Waals surface area (Å²) in [5.74, 6) is 0.743. The van der Waals surface area contributed by atoms with Crippen LogP contribution < -0.4 is 0 Å². The van der Waals surface area contributed by atoms with Crippen LogP contribution in [0.1, 0.15) is 44.9 Å². The Kier molecular flexibility index (Phi) is 5.93. The number of nitrogens with zero attached hydrogens (tertiary/aromatic N) is 2. The van der Waals surface area contributed by atoms with Gasteiger partial charge in [-0.15, -0.1) is 0 Å². The van der Waals surface area contributed by atoms with E-state index in [0.717, 1.165) is 18.4 Å². The van der Waals surface area contributed by atoms with E-state index < -0.39 is 0 Å². The number of hydrogen-bond acceptors (Lipinski definition) is 3. The van der Waals surface area contributed by atoms with Crippen LogP contribution in [0.4, 0.5) is 0 Å². The molecule has 2 atom stereocenters. The molecule has 0 aromatic carbocycles. The Balaban J connectivity index is 1.69. The first kappa shape index (κ1) is 14.3. The maximum atomic E-state index is 9.05. The summed E-state index contributed by atoms with van der Waals surface area (Å²) in [5.41, 5.74) is 0. The Labute approximate surface area is 112 Å². The molecule has 2 heterocycles. The second-order valence-corrected chi connectivity index (χ2v) is 6.24. The summed E-state index contributed by atoms with van der Waals surface area (Å²) in [6.45, 7) is 5.41. The molecule has 0 aromatic heterocycles. The Hall–Kier alpha value is -0.120. The van der Waals surface area contributed by atoms with E-state index in [-0.39, 0.29) is 0 Å². The van der Waals surface area contributed by atoms with Crippen molar-refractivity contribution in [3.05, 3.63) is 0 Å². The van der Waals surface area contributed by atoms with Gasteiger partial charge in [0.2, 0.25) is 0 Å². The minimum absolute atomic E-state index is 0.365. The molecular weight excluding hydrogens is 224 g/mol. The summed E-state index contributed by atoms with van der Waals surface area (Å²) in [5, 5.41) is 9.05. The first-order valence-electron chi connectivity index (χ1n) is 7.83. The lowest BCUT2D eigenvalue weighted by molar-refractivity contribution is 0.119. The summed E-state index contributed by atoms with van der Waals surface area (Å²) in [6.07, 6.45) is 9.18. The van der Waals surface area contributed by atoms with E-state index in [0.29, 0.717) is 6.61 Å². The first-order valence-corrected chi connectivity index (χ1v) is 7.83. The Bertz CT molecular complexity index is 233. The SMILES string of the molecule is CN1CCCCC1CCN1CCCC(CCO)C1. The van der Waals surface area contributed by atoms with Crippen LogP contribution in [0.2, 0.25) is 0 Å². The average molecular weight is 254 g/mol. The lowest BCUT2D eigenvalue weighted by Crippen LogP contribution is -2.41. The van der Waals surface area contributed by atoms with Gasteiger partial charge in [-0.2, -0.15) is 0 Å². The van der Waals surface area contributed by atoms with Crippen molar-refractivity contribution in [2.75, 3.05) is 39.8 Å². The number of piperidine rings is 2. The van der Waals surface area contributed by atoms with Crippen LogP contribution in [0.3, 0.4) is 0 Å². The summed E-state index contributed by atoms with van der Waals surface area (Å²) in [4.78, 5) is 5.19. The van der Waals surface area contributed by atoms with Crippen LogP contribution >= 0.6 is 0 Å². The van der Waals surface area contributed by atoms with Gasteiger partial charge in [-0.3, -0.25) is 0 Å². The highest BCUT2D eigenvalue weighted by atomic mass is 16.3. The van der Waals surface area contributed by atoms with Crippen LogP contribution in [-0.4, -0.2) is 60.8 Å². The zero-order valence-corrected chi connectivity index (χ0v) is 12.0. The topological polar surface area (TPSA) is 26.7 Å². The molecular formula is C15H30N2O. The van der Waals surface area contributed by atoms with Crippen molar-refractivity contribution in [1.82, 2.24) is 9.80 Å². The molecule has 2 unspecified atom stereocenters. The van der Waals surface area contributed by atoms with Crippen LogP contribution in [0.5, 0.6) is 0 Å². The molecule has 0 bridgehead atoms. The third kappa shape index (κ3) is 4.22. The van der Waals surface area contributed by atoms with E-state index in [1.165, 1.54) is 64.7 Å². The van der Waals surface area contributed by atoms with Gasteiger partial charge < -0.3 is 14.9 Å². The molecule has 106 valence electrons. The Morgan fingerprint density at radius 3 is 2.72 bits per heavy atom.